The second-order valence-electron chi connectivity index (χ2n) is 3.36. The lowest BCUT2D eigenvalue weighted by atomic mass is 10.2. The van der Waals surface area contributed by atoms with Crippen LogP contribution in [-0.2, 0) is 0 Å². The van der Waals surface area contributed by atoms with Crippen molar-refractivity contribution in [2.75, 3.05) is 12.4 Å². The molecular weight excluding hydrogens is 275 g/mol. The molecule has 0 saturated carbocycles. The van der Waals surface area contributed by atoms with Gasteiger partial charge in [-0.1, -0.05) is 6.92 Å². The van der Waals surface area contributed by atoms with Crippen molar-refractivity contribution in [2.24, 2.45) is 0 Å². The molecule has 102 valence electrons. The zero-order valence-corrected chi connectivity index (χ0v) is 10.5. The Kier molecular flexibility index (Phi) is 5.25. The van der Waals surface area contributed by atoms with Crippen LogP contribution in [0.25, 0.3) is 0 Å². The summed E-state index contributed by atoms with van der Waals surface area (Å²) >= 11 is 1.00. The second-order valence-corrected chi connectivity index (χ2v) is 4.63. The summed E-state index contributed by atoms with van der Waals surface area (Å²) in [4.78, 5) is 0.00884. The van der Waals surface area contributed by atoms with Crippen LogP contribution in [0, 0.1) is 24.4 Å². The highest BCUT2D eigenvalue weighted by molar-refractivity contribution is 7.99. The summed E-state index contributed by atoms with van der Waals surface area (Å²) in [6.07, 6.45) is -2.82. The molecule has 18 heavy (non-hydrogen) atoms. The number of halogens is 5. The van der Waals surface area contributed by atoms with Crippen molar-refractivity contribution in [2.45, 2.75) is 25.2 Å². The standard InChI is InChI=1S/C11H11F5OS/c1-3-18-11-5(2)7(14)8(15)9(16)10(11)17-4-6(12)13/h6H,3-4H2,1-2H3. The number of alkyl halides is 2. The lowest BCUT2D eigenvalue weighted by Crippen LogP contribution is -2.11. The molecule has 0 aromatic heterocycles. The van der Waals surface area contributed by atoms with E-state index in [1.54, 1.807) is 6.92 Å². The molecule has 0 fully saturated rings. The molecule has 0 bridgehead atoms. The van der Waals surface area contributed by atoms with Crippen LogP contribution in [0.1, 0.15) is 12.5 Å². The van der Waals surface area contributed by atoms with E-state index in [2.05, 4.69) is 4.74 Å². The molecule has 1 rings (SSSR count). The van der Waals surface area contributed by atoms with Crippen LogP contribution >= 0.6 is 11.8 Å². The number of ether oxygens (including phenoxy) is 1. The minimum atomic E-state index is -2.82. The predicted octanol–water partition coefficient (Wildman–Crippen LogP) is 4.17. The molecule has 0 aliphatic heterocycles. The lowest BCUT2D eigenvalue weighted by molar-refractivity contribution is 0.0776. The van der Waals surface area contributed by atoms with Crippen LogP contribution in [0.2, 0.25) is 0 Å². The van der Waals surface area contributed by atoms with E-state index in [0.717, 1.165) is 11.8 Å². The molecule has 0 aliphatic carbocycles. The highest BCUT2D eigenvalue weighted by Crippen LogP contribution is 2.38. The van der Waals surface area contributed by atoms with Gasteiger partial charge in [-0.15, -0.1) is 11.8 Å². The first-order chi connectivity index (χ1) is 8.40. The molecule has 7 heteroatoms. The van der Waals surface area contributed by atoms with Gasteiger partial charge in [-0.3, -0.25) is 0 Å². The maximum atomic E-state index is 13.5. The van der Waals surface area contributed by atoms with Gasteiger partial charge in [-0.25, -0.2) is 17.6 Å². The summed E-state index contributed by atoms with van der Waals surface area (Å²) in [5.41, 5.74) is -0.148. The first-order valence-corrected chi connectivity index (χ1v) is 6.09. The Morgan fingerprint density at radius 1 is 1.11 bits per heavy atom. The molecular formula is C11H11F5OS. The van der Waals surface area contributed by atoms with Gasteiger partial charge in [-0.05, 0) is 12.7 Å². The van der Waals surface area contributed by atoms with Crippen LogP contribution in [0.15, 0.2) is 4.90 Å². The first-order valence-electron chi connectivity index (χ1n) is 5.10. The molecule has 1 nitrogen and oxygen atoms in total. The number of hydrogen-bond donors (Lipinski definition) is 0. The van der Waals surface area contributed by atoms with Crippen LogP contribution in [-0.4, -0.2) is 18.8 Å². The van der Waals surface area contributed by atoms with Gasteiger partial charge in [0.15, 0.2) is 17.4 Å². The molecule has 0 atom stereocenters. The summed E-state index contributed by atoms with van der Waals surface area (Å²) in [6.45, 7) is 1.88. The highest BCUT2D eigenvalue weighted by Gasteiger charge is 2.24. The van der Waals surface area contributed by atoms with Gasteiger partial charge >= 0.3 is 0 Å². The third kappa shape index (κ3) is 3.07. The van der Waals surface area contributed by atoms with Gasteiger partial charge in [-0.2, -0.15) is 4.39 Å². The second kappa shape index (κ2) is 6.26. The Labute approximate surface area is 105 Å². The monoisotopic (exact) mass is 286 g/mol. The average Bonchev–Trinajstić information content (AvgIpc) is 2.32. The van der Waals surface area contributed by atoms with Crippen molar-refractivity contribution < 1.29 is 26.7 Å². The normalized spacial score (nSPS) is 11.1. The Bertz CT molecular complexity index is 436. The van der Waals surface area contributed by atoms with Crippen molar-refractivity contribution in [3.05, 3.63) is 23.0 Å². The molecule has 1 aromatic carbocycles. The van der Waals surface area contributed by atoms with Crippen LogP contribution < -0.4 is 4.74 Å². The smallest absolute Gasteiger partial charge is 0.272 e. The minimum Gasteiger partial charge on any atom is -0.483 e. The van der Waals surface area contributed by atoms with Gasteiger partial charge in [0.25, 0.3) is 6.43 Å². The SMILES string of the molecule is CCSc1c(C)c(F)c(F)c(F)c1OCC(F)F. The fourth-order valence-corrected chi connectivity index (χ4v) is 2.20. The minimum absolute atomic E-state index is 0.00884. The molecule has 0 unspecified atom stereocenters. The summed E-state index contributed by atoms with van der Waals surface area (Å²) in [7, 11) is 0. The Morgan fingerprint density at radius 3 is 2.22 bits per heavy atom. The summed E-state index contributed by atoms with van der Waals surface area (Å²) < 4.78 is 68.6. The molecule has 0 saturated heterocycles. The van der Waals surface area contributed by atoms with Crippen molar-refractivity contribution in [3.63, 3.8) is 0 Å². The maximum absolute atomic E-state index is 13.5. The van der Waals surface area contributed by atoms with Gasteiger partial charge in [0.2, 0.25) is 5.82 Å². The summed E-state index contributed by atoms with van der Waals surface area (Å²) in [5, 5.41) is 0. The summed E-state index contributed by atoms with van der Waals surface area (Å²) in [5.74, 6) is -4.82. The number of hydrogen-bond acceptors (Lipinski definition) is 2. The fraction of sp³-hybridized carbons (Fsp3) is 0.455. The topological polar surface area (TPSA) is 9.23 Å². The van der Waals surface area contributed by atoms with E-state index in [9.17, 15) is 22.0 Å². The number of benzene rings is 1. The highest BCUT2D eigenvalue weighted by atomic mass is 32.2. The van der Waals surface area contributed by atoms with E-state index in [-0.39, 0.29) is 10.5 Å². The van der Waals surface area contributed by atoms with Crippen LogP contribution in [0.4, 0.5) is 22.0 Å². The van der Waals surface area contributed by atoms with Gasteiger partial charge in [0.05, 0.1) is 4.90 Å². The van der Waals surface area contributed by atoms with Crippen molar-refractivity contribution in [3.8, 4) is 5.75 Å². The molecule has 0 radical (unpaired) electrons. The largest absolute Gasteiger partial charge is 0.483 e. The maximum Gasteiger partial charge on any atom is 0.272 e. The molecule has 0 aliphatic rings. The lowest BCUT2D eigenvalue weighted by Gasteiger charge is -2.15. The molecule has 0 N–H and O–H groups in total. The third-order valence-electron chi connectivity index (χ3n) is 2.10. The van der Waals surface area contributed by atoms with E-state index in [0.29, 0.717) is 5.75 Å². The van der Waals surface area contributed by atoms with Crippen LogP contribution in [0.3, 0.4) is 0 Å². The first kappa shape index (κ1) is 15.1. The quantitative estimate of drug-likeness (QED) is 0.456. The molecule has 0 amide bonds. The predicted molar refractivity (Wildman–Crippen MR) is 59.0 cm³/mol. The third-order valence-corrected chi connectivity index (χ3v) is 3.17. The van der Waals surface area contributed by atoms with Crippen molar-refractivity contribution in [1.29, 1.82) is 0 Å². The van der Waals surface area contributed by atoms with Gasteiger partial charge in [0.1, 0.15) is 6.61 Å². The molecule has 1 aromatic rings. The Hall–Kier alpha value is -0.980. The van der Waals surface area contributed by atoms with E-state index in [4.69, 9.17) is 0 Å². The van der Waals surface area contributed by atoms with E-state index in [1.165, 1.54) is 6.92 Å². The van der Waals surface area contributed by atoms with Crippen LogP contribution in [0.5, 0.6) is 5.75 Å². The van der Waals surface area contributed by atoms with E-state index < -0.39 is 36.2 Å². The average molecular weight is 286 g/mol. The fourth-order valence-electron chi connectivity index (χ4n) is 1.32. The number of thioether (sulfide) groups is 1. The Morgan fingerprint density at radius 2 is 1.72 bits per heavy atom. The zero-order chi connectivity index (χ0) is 13.9. The van der Waals surface area contributed by atoms with Gasteiger partial charge < -0.3 is 4.74 Å². The molecule has 0 spiro atoms. The summed E-state index contributed by atoms with van der Waals surface area (Å²) in [6, 6.07) is 0. The number of rotatable bonds is 5. The Balaban J connectivity index is 3.27. The van der Waals surface area contributed by atoms with E-state index in [1.807, 2.05) is 0 Å². The van der Waals surface area contributed by atoms with Gasteiger partial charge in [0, 0.05) is 5.56 Å². The zero-order valence-electron chi connectivity index (χ0n) is 9.70. The molecule has 0 heterocycles. The van der Waals surface area contributed by atoms with Crippen molar-refractivity contribution >= 4 is 11.8 Å². The van der Waals surface area contributed by atoms with E-state index >= 15 is 0 Å². The van der Waals surface area contributed by atoms with Crippen molar-refractivity contribution in [1.82, 2.24) is 0 Å².